The molecule has 0 aliphatic heterocycles. The van der Waals surface area contributed by atoms with Crippen molar-refractivity contribution in [1.29, 1.82) is 0 Å². The van der Waals surface area contributed by atoms with E-state index in [1.165, 1.54) is 12.1 Å². The van der Waals surface area contributed by atoms with Gasteiger partial charge in [0, 0.05) is 23.7 Å². The molecule has 0 aliphatic carbocycles. The maximum absolute atomic E-state index is 10.6. The van der Waals surface area contributed by atoms with Crippen molar-refractivity contribution in [3.05, 3.63) is 88.5 Å². The van der Waals surface area contributed by atoms with Gasteiger partial charge in [0.25, 0.3) is 5.69 Å². The van der Waals surface area contributed by atoms with Crippen LogP contribution in [-0.2, 0) is 0 Å². The van der Waals surface area contributed by atoms with Gasteiger partial charge < -0.3 is 0 Å². The molecule has 112 valence electrons. The third-order valence-electron chi connectivity index (χ3n) is 3.46. The van der Waals surface area contributed by atoms with Crippen molar-refractivity contribution < 1.29 is 4.92 Å². The van der Waals surface area contributed by atoms with Crippen molar-refractivity contribution in [1.82, 2.24) is 0 Å². The second kappa shape index (κ2) is 6.66. The molecule has 0 heterocycles. The van der Waals surface area contributed by atoms with Gasteiger partial charge in [0.1, 0.15) is 0 Å². The van der Waals surface area contributed by atoms with Crippen LogP contribution in [0, 0.1) is 10.1 Å². The molecule has 3 aromatic carbocycles. The molecule has 0 N–H and O–H groups in total. The molecule has 3 aromatic rings. The first kappa shape index (κ1) is 14.7. The topological polar surface area (TPSA) is 55.5 Å². The summed E-state index contributed by atoms with van der Waals surface area (Å²) in [5, 5.41) is 12.9. The molecule has 4 heteroatoms. The zero-order chi connectivity index (χ0) is 16.1. The van der Waals surface area contributed by atoms with Gasteiger partial charge in [0.05, 0.1) is 10.6 Å². The minimum atomic E-state index is -0.407. The molecule has 0 amide bonds. The Labute approximate surface area is 133 Å². The van der Waals surface area contributed by atoms with Gasteiger partial charge in [0.2, 0.25) is 0 Å². The molecule has 0 fully saturated rings. The Kier molecular flexibility index (Phi) is 4.25. The highest BCUT2D eigenvalue weighted by Gasteiger charge is 2.01. The van der Waals surface area contributed by atoms with E-state index in [-0.39, 0.29) is 5.69 Å². The molecule has 0 saturated carbocycles. The average Bonchev–Trinajstić information content (AvgIpc) is 2.59. The van der Waals surface area contributed by atoms with Crippen LogP contribution >= 0.6 is 0 Å². The molecular weight excluding hydrogens is 288 g/mol. The zero-order valence-electron chi connectivity index (χ0n) is 12.3. The van der Waals surface area contributed by atoms with Crippen LogP contribution in [0.4, 0.5) is 11.4 Å². The first-order chi connectivity index (χ1) is 11.2. The average molecular weight is 302 g/mol. The Morgan fingerprint density at radius 2 is 1.65 bits per heavy atom. The van der Waals surface area contributed by atoms with Crippen LogP contribution in [0.15, 0.2) is 77.8 Å². The molecule has 0 bridgehead atoms. The predicted octanol–water partition coefficient (Wildman–Crippen LogP) is 5.16. The fraction of sp³-hybridized carbons (Fsp3) is 0. The molecule has 0 aromatic heterocycles. The number of non-ortho nitro benzene ring substituents is 1. The summed E-state index contributed by atoms with van der Waals surface area (Å²) in [6.07, 6.45) is 5.41. The summed E-state index contributed by atoms with van der Waals surface area (Å²) in [6, 6.07) is 20.5. The quantitative estimate of drug-likeness (QED) is 0.379. The van der Waals surface area contributed by atoms with E-state index in [9.17, 15) is 10.1 Å². The van der Waals surface area contributed by atoms with E-state index in [2.05, 4.69) is 17.1 Å². The highest BCUT2D eigenvalue weighted by atomic mass is 16.6. The van der Waals surface area contributed by atoms with E-state index in [1.807, 2.05) is 42.5 Å². The van der Waals surface area contributed by atoms with Gasteiger partial charge in [-0.05, 0) is 35.2 Å². The lowest BCUT2D eigenvalue weighted by Crippen LogP contribution is -1.86. The van der Waals surface area contributed by atoms with Crippen molar-refractivity contribution in [3.63, 3.8) is 0 Å². The SMILES string of the molecule is O=[N+]([O-])c1ccc(/C=C/C=Nc2cccc3ccccc23)cc1. The van der Waals surface area contributed by atoms with Crippen LogP contribution in [0.5, 0.6) is 0 Å². The van der Waals surface area contributed by atoms with Gasteiger partial charge in [-0.1, -0.05) is 42.5 Å². The van der Waals surface area contributed by atoms with Crippen molar-refractivity contribution in [3.8, 4) is 0 Å². The first-order valence-electron chi connectivity index (χ1n) is 7.17. The Morgan fingerprint density at radius 1 is 0.913 bits per heavy atom. The number of allylic oxidation sites excluding steroid dienone is 1. The van der Waals surface area contributed by atoms with Gasteiger partial charge in [-0.2, -0.15) is 0 Å². The molecule has 0 spiro atoms. The van der Waals surface area contributed by atoms with Crippen LogP contribution in [-0.4, -0.2) is 11.1 Å². The maximum atomic E-state index is 10.6. The van der Waals surface area contributed by atoms with Gasteiger partial charge in [-0.15, -0.1) is 0 Å². The normalized spacial score (nSPS) is 11.5. The number of nitro groups is 1. The summed E-state index contributed by atoms with van der Waals surface area (Å²) in [5.74, 6) is 0. The molecule has 3 rings (SSSR count). The highest BCUT2D eigenvalue weighted by molar-refractivity contribution is 5.94. The van der Waals surface area contributed by atoms with Crippen molar-refractivity contribution in [2.45, 2.75) is 0 Å². The van der Waals surface area contributed by atoms with E-state index in [4.69, 9.17) is 0 Å². The summed E-state index contributed by atoms with van der Waals surface area (Å²) >= 11 is 0. The van der Waals surface area contributed by atoms with E-state index >= 15 is 0 Å². The highest BCUT2D eigenvalue weighted by Crippen LogP contribution is 2.25. The number of benzene rings is 3. The Morgan fingerprint density at radius 3 is 2.43 bits per heavy atom. The van der Waals surface area contributed by atoms with Crippen LogP contribution in [0.3, 0.4) is 0 Å². The fourth-order valence-electron chi connectivity index (χ4n) is 2.31. The molecule has 0 atom stereocenters. The summed E-state index contributed by atoms with van der Waals surface area (Å²) in [4.78, 5) is 14.7. The van der Waals surface area contributed by atoms with Crippen molar-refractivity contribution >= 4 is 34.4 Å². The predicted molar refractivity (Wildman–Crippen MR) is 94.2 cm³/mol. The van der Waals surface area contributed by atoms with Crippen LogP contribution in [0.1, 0.15) is 5.56 Å². The Hall–Kier alpha value is -3.27. The molecule has 0 radical (unpaired) electrons. The van der Waals surface area contributed by atoms with E-state index < -0.39 is 4.92 Å². The molecular formula is C19H14N2O2. The smallest absolute Gasteiger partial charge is 0.258 e. The minimum absolute atomic E-state index is 0.0894. The summed E-state index contributed by atoms with van der Waals surface area (Å²) in [5.41, 5.74) is 1.89. The lowest BCUT2D eigenvalue weighted by molar-refractivity contribution is -0.384. The monoisotopic (exact) mass is 302 g/mol. The number of nitrogens with zero attached hydrogens (tertiary/aromatic N) is 2. The van der Waals surface area contributed by atoms with Gasteiger partial charge in [0.15, 0.2) is 0 Å². The number of nitro benzene ring substituents is 1. The van der Waals surface area contributed by atoms with Crippen LogP contribution in [0.2, 0.25) is 0 Å². The Bertz CT molecular complexity index is 891. The molecule has 0 unspecified atom stereocenters. The number of rotatable bonds is 4. The van der Waals surface area contributed by atoms with E-state index in [0.29, 0.717) is 0 Å². The van der Waals surface area contributed by atoms with E-state index in [1.54, 1.807) is 18.3 Å². The lowest BCUT2D eigenvalue weighted by atomic mass is 10.1. The summed E-state index contributed by atoms with van der Waals surface area (Å²) in [6.45, 7) is 0. The second-order valence-corrected chi connectivity index (χ2v) is 4.98. The van der Waals surface area contributed by atoms with Crippen molar-refractivity contribution in [2.75, 3.05) is 0 Å². The van der Waals surface area contributed by atoms with Crippen LogP contribution < -0.4 is 0 Å². The Balaban J connectivity index is 1.76. The van der Waals surface area contributed by atoms with Crippen molar-refractivity contribution in [2.24, 2.45) is 4.99 Å². The molecule has 0 saturated heterocycles. The first-order valence-corrected chi connectivity index (χ1v) is 7.17. The zero-order valence-corrected chi connectivity index (χ0v) is 12.3. The number of aliphatic imine (C=N–C) groups is 1. The number of hydrogen-bond acceptors (Lipinski definition) is 3. The molecule has 23 heavy (non-hydrogen) atoms. The molecule has 4 nitrogen and oxygen atoms in total. The summed E-state index contributed by atoms with van der Waals surface area (Å²) in [7, 11) is 0. The largest absolute Gasteiger partial charge is 0.269 e. The maximum Gasteiger partial charge on any atom is 0.269 e. The third-order valence-corrected chi connectivity index (χ3v) is 3.46. The summed E-state index contributed by atoms with van der Waals surface area (Å²) < 4.78 is 0. The number of fused-ring (bicyclic) bond motifs is 1. The van der Waals surface area contributed by atoms with Crippen LogP contribution in [0.25, 0.3) is 16.8 Å². The van der Waals surface area contributed by atoms with E-state index in [0.717, 1.165) is 22.0 Å². The lowest BCUT2D eigenvalue weighted by Gasteiger charge is -2.00. The second-order valence-electron chi connectivity index (χ2n) is 4.98. The van der Waals surface area contributed by atoms with Gasteiger partial charge in [-0.3, -0.25) is 15.1 Å². The minimum Gasteiger partial charge on any atom is -0.258 e. The third kappa shape index (κ3) is 3.49. The standard InChI is InChI=1S/C19H14N2O2/c22-21(23)17-12-10-15(11-13-17)5-4-14-20-19-9-3-7-16-6-1-2-8-18(16)19/h1-14H/b5-4+,20-14?. The van der Waals surface area contributed by atoms with Gasteiger partial charge in [-0.25, -0.2) is 0 Å². The fourth-order valence-corrected chi connectivity index (χ4v) is 2.31. The van der Waals surface area contributed by atoms with Gasteiger partial charge >= 0.3 is 0 Å². The number of hydrogen-bond donors (Lipinski definition) is 0. The molecule has 0 aliphatic rings.